The van der Waals surface area contributed by atoms with Crippen LogP contribution in [0, 0.1) is 0 Å². The van der Waals surface area contributed by atoms with Gasteiger partial charge >= 0.3 is 0 Å². The highest BCUT2D eigenvalue weighted by Gasteiger charge is 2.02. The molecule has 1 aliphatic heterocycles. The van der Waals surface area contributed by atoms with E-state index in [1.807, 2.05) is 0 Å². The Bertz CT molecular complexity index is 156. The number of aliphatic imine (C=N–C) groups is 1. The minimum Gasteiger partial charge on any atom is -0.375 e. The van der Waals surface area contributed by atoms with Gasteiger partial charge in [0.2, 0.25) is 0 Å². The standard InChI is InChI=1S/C4H9N5S/c5-4(10)7-8-9-2-1-6-3-9/h3,8H,1-2H2,(H3,5,7,10). The predicted molar refractivity (Wildman–Crippen MR) is 43.1 cm³/mol. The van der Waals surface area contributed by atoms with Crippen LogP contribution < -0.4 is 16.7 Å². The van der Waals surface area contributed by atoms with Crippen molar-refractivity contribution >= 4 is 23.7 Å². The molecule has 1 aliphatic rings. The SMILES string of the molecule is NC(=S)NNN1C=NCC1. The van der Waals surface area contributed by atoms with Gasteiger partial charge < -0.3 is 5.73 Å². The van der Waals surface area contributed by atoms with Gasteiger partial charge in [-0.1, -0.05) is 0 Å². The molecule has 0 fully saturated rings. The first kappa shape index (κ1) is 7.23. The van der Waals surface area contributed by atoms with Crippen molar-refractivity contribution < 1.29 is 0 Å². The minimum absolute atomic E-state index is 0.223. The Morgan fingerprint density at radius 2 is 2.60 bits per heavy atom. The molecule has 0 aromatic rings. The van der Waals surface area contributed by atoms with E-state index in [1.54, 1.807) is 11.3 Å². The van der Waals surface area contributed by atoms with E-state index in [1.165, 1.54) is 0 Å². The van der Waals surface area contributed by atoms with E-state index >= 15 is 0 Å². The van der Waals surface area contributed by atoms with Crippen LogP contribution in [0.25, 0.3) is 0 Å². The second-order valence-electron chi connectivity index (χ2n) is 1.82. The van der Waals surface area contributed by atoms with Gasteiger partial charge in [0.15, 0.2) is 5.11 Å². The summed E-state index contributed by atoms with van der Waals surface area (Å²) in [5, 5.41) is 1.99. The summed E-state index contributed by atoms with van der Waals surface area (Å²) in [4.78, 5) is 3.96. The number of nitrogens with zero attached hydrogens (tertiary/aromatic N) is 2. The molecule has 0 unspecified atom stereocenters. The molecular formula is C4H9N5S. The molecule has 0 aliphatic carbocycles. The van der Waals surface area contributed by atoms with Crippen LogP contribution in [0.5, 0.6) is 0 Å². The highest BCUT2D eigenvalue weighted by atomic mass is 32.1. The van der Waals surface area contributed by atoms with E-state index in [-0.39, 0.29) is 5.11 Å². The van der Waals surface area contributed by atoms with E-state index in [0.717, 1.165) is 13.1 Å². The van der Waals surface area contributed by atoms with Gasteiger partial charge in [0.25, 0.3) is 0 Å². The van der Waals surface area contributed by atoms with E-state index < -0.39 is 0 Å². The van der Waals surface area contributed by atoms with Crippen LogP contribution in [-0.2, 0) is 0 Å². The van der Waals surface area contributed by atoms with E-state index in [2.05, 4.69) is 28.2 Å². The third-order valence-electron chi connectivity index (χ3n) is 1.01. The summed E-state index contributed by atoms with van der Waals surface area (Å²) in [5.74, 6) is 0. The fourth-order valence-corrected chi connectivity index (χ4v) is 0.637. The Balaban J connectivity index is 2.13. The maximum atomic E-state index is 5.16. The third kappa shape index (κ3) is 2.16. The Kier molecular flexibility index (Phi) is 2.41. The molecular weight excluding hydrogens is 150 g/mol. The molecule has 1 rings (SSSR count). The van der Waals surface area contributed by atoms with Gasteiger partial charge in [-0.2, -0.15) is 0 Å². The summed E-state index contributed by atoms with van der Waals surface area (Å²) in [5.41, 5.74) is 10.5. The largest absolute Gasteiger partial charge is 0.375 e. The van der Waals surface area contributed by atoms with Gasteiger partial charge in [-0.25, -0.2) is 0 Å². The lowest BCUT2D eigenvalue weighted by Gasteiger charge is -2.15. The predicted octanol–water partition coefficient (Wildman–Crippen LogP) is -1.42. The lowest BCUT2D eigenvalue weighted by molar-refractivity contribution is 0.320. The van der Waals surface area contributed by atoms with Gasteiger partial charge in [0, 0.05) is 0 Å². The quantitative estimate of drug-likeness (QED) is 0.341. The average molecular weight is 159 g/mol. The molecule has 1 heterocycles. The summed E-state index contributed by atoms with van der Waals surface area (Å²) in [6.07, 6.45) is 1.69. The molecule has 0 radical (unpaired) electrons. The molecule has 6 heteroatoms. The van der Waals surface area contributed by atoms with Gasteiger partial charge in [-0.3, -0.25) is 15.4 Å². The fraction of sp³-hybridized carbons (Fsp3) is 0.500. The van der Waals surface area contributed by atoms with Gasteiger partial charge in [-0.05, 0) is 12.2 Å². The first-order chi connectivity index (χ1) is 4.79. The molecule has 0 saturated carbocycles. The second kappa shape index (κ2) is 3.33. The summed E-state index contributed by atoms with van der Waals surface area (Å²) in [6.45, 7) is 1.65. The zero-order valence-electron chi connectivity index (χ0n) is 5.37. The van der Waals surface area contributed by atoms with Crippen LogP contribution in [-0.4, -0.2) is 29.5 Å². The molecule has 4 N–H and O–H groups in total. The second-order valence-corrected chi connectivity index (χ2v) is 2.26. The molecule has 56 valence electrons. The van der Waals surface area contributed by atoms with Crippen LogP contribution in [0.15, 0.2) is 4.99 Å². The fourth-order valence-electron chi connectivity index (χ4n) is 0.591. The lowest BCUT2D eigenvalue weighted by atomic mass is 10.7. The minimum atomic E-state index is 0.223. The van der Waals surface area contributed by atoms with Crippen molar-refractivity contribution in [2.45, 2.75) is 0 Å². The first-order valence-corrected chi connectivity index (χ1v) is 3.27. The van der Waals surface area contributed by atoms with Crippen LogP contribution in [0.4, 0.5) is 0 Å². The number of rotatable bonds is 2. The molecule has 0 aromatic carbocycles. The maximum absolute atomic E-state index is 5.16. The number of hydrogen-bond acceptors (Lipinski definition) is 4. The van der Waals surface area contributed by atoms with Crippen LogP contribution >= 0.6 is 12.2 Å². The third-order valence-corrected chi connectivity index (χ3v) is 1.12. The summed E-state index contributed by atoms with van der Waals surface area (Å²) in [6, 6.07) is 0. The Morgan fingerprint density at radius 1 is 1.80 bits per heavy atom. The summed E-state index contributed by atoms with van der Waals surface area (Å²) >= 11 is 4.56. The molecule has 0 aromatic heterocycles. The number of nitrogens with one attached hydrogen (secondary N) is 2. The highest BCUT2D eigenvalue weighted by molar-refractivity contribution is 7.80. The van der Waals surface area contributed by atoms with Crippen molar-refractivity contribution in [3.63, 3.8) is 0 Å². The molecule has 10 heavy (non-hydrogen) atoms. The van der Waals surface area contributed by atoms with Crippen LogP contribution in [0.2, 0.25) is 0 Å². The molecule has 0 bridgehead atoms. The molecule has 0 saturated heterocycles. The molecule has 0 atom stereocenters. The Morgan fingerprint density at radius 3 is 3.10 bits per heavy atom. The number of thiocarbonyl (C=S) groups is 1. The van der Waals surface area contributed by atoms with Crippen molar-refractivity contribution in [3.05, 3.63) is 0 Å². The molecule has 0 spiro atoms. The monoisotopic (exact) mass is 159 g/mol. The van der Waals surface area contributed by atoms with E-state index in [9.17, 15) is 0 Å². The van der Waals surface area contributed by atoms with Crippen molar-refractivity contribution in [3.8, 4) is 0 Å². The Hall–Kier alpha value is -0.880. The molecule has 0 amide bonds. The van der Waals surface area contributed by atoms with Crippen molar-refractivity contribution in [1.82, 2.24) is 16.0 Å². The van der Waals surface area contributed by atoms with Gasteiger partial charge in [0.1, 0.15) is 6.34 Å². The topological polar surface area (TPSA) is 65.7 Å². The summed E-state index contributed by atoms with van der Waals surface area (Å²) in [7, 11) is 0. The van der Waals surface area contributed by atoms with Crippen molar-refractivity contribution in [2.24, 2.45) is 10.7 Å². The zero-order valence-corrected chi connectivity index (χ0v) is 6.19. The number of hydrogen-bond donors (Lipinski definition) is 3. The van der Waals surface area contributed by atoms with Gasteiger partial charge in [0.05, 0.1) is 13.1 Å². The smallest absolute Gasteiger partial charge is 0.179 e. The van der Waals surface area contributed by atoms with Crippen LogP contribution in [0.3, 0.4) is 0 Å². The maximum Gasteiger partial charge on any atom is 0.179 e. The summed E-state index contributed by atoms with van der Waals surface area (Å²) < 4.78 is 0. The average Bonchev–Trinajstić information content (AvgIpc) is 2.34. The van der Waals surface area contributed by atoms with Crippen molar-refractivity contribution in [2.75, 3.05) is 13.1 Å². The first-order valence-electron chi connectivity index (χ1n) is 2.87. The number of hydrazine groups is 2. The number of nitrogens with two attached hydrogens (primary N) is 1. The van der Waals surface area contributed by atoms with Crippen molar-refractivity contribution in [1.29, 1.82) is 0 Å². The normalized spacial score (nSPS) is 15.8. The zero-order chi connectivity index (χ0) is 7.40. The molecule has 5 nitrogen and oxygen atoms in total. The highest BCUT2D eigenvalue weighted by Crippen LogP contribution is 1.84. The van der Waals surface area contributed by atoms with Gasteiger partial charge in [-0.15, -0.1) is 5.53 Å². The lowest BCUT2D eigenvalue weighted by Crippen LogP contribution is -2.49. The Labute approximate surface area is 64.2 Å². The van der Waals surface area contributed by atoms with Crippen LogP contribution in [0.1, 0.15) is 0 Å². The van der Waals surface area contributed by atoms with E-state index in [4.69, 9.17) is 5.73 Å². The van der Waals surface area contributed by atoms with E-state index in [0.29, 0.717) is 0 Å².